The molecule has 2 atom stereocenters. The molecular formula is C22H33NO4. The lowest BCUT2D eigenvalue weighted by Crippen LogP contribution is -2.45. The van der Waals surface area contributed by atoms with E-state index in [1.54, 1.807) is 4.90 Å². The van der Waals surface area contributed by atoms with Crippen LogP contribution >= 0.6 is 0 Å². The number of aliphatic hydroxyl groups excluding tert-OH is 1. The molecule has 5 nitrogen and oxygen atoms in total. The molecular weight excluding hydrogens is 342 g/mol. The van der Waals surface area contributed by atoms with Gasteiger partial charge in [-0.25, -0.2) is 4.79 Å². The van der Waals surface area contributed by atoms with E-state index in [0.717, 1.165) is 25.7 Å². The first-order valence-electron chi connectivity index (χ1n) is 10.2. The minimum Gasteiger partial charge on any atom is -0.444 e. The second-order valence-electron chi connectivity index (χ2n) is 8.81. The van der Waals surface area contributed by atoms with E-state index in [1.165, 1.54) is 5.56 Å². The van der Waals surface area contributed by atoms with Crippen molar-refractivity contribution in [3.63, 3.8) is 0 Å². The fourth-order valence-electron chi connectivity index (χ4n) is 4.11. The van der Waals surface area contributed by atoms with Gasteiger partial charge in [0.1, 0.15) is 5.60 Å². The Hall–Kier alpha value is -1.59. The number of hydrogen-bond donors (Lipinski definition) is 1. The Morgan fingerprint density at radius 1 is 1.11 bits per heavy atom. The van der Waals surface area contributed by atoms with Crippen LogP contribution in [0, 0.1) is 0 Å². The predicted octanol–water partition coefficient (Wildman–Crippen LogP) is 4.10. The lowest BCUT2D eigenvalue weighted by molar-refractivity contribution is -0.0337. The van der Waals surface area contributed by atoms with E-state index in [4.69, 9.17) is 9.47 Å². The monoisotopic (exact) mass is 375 g/mol. The molecule has 1 aromatic rings. The van der Waals surface area contributed by atoms with E-state index in [1.807, 2.05) is 20.8 Å². The van der Waals surface area contributed by atoms with Gasteiger partial charge in [-0.3, -0.25) is 0 Å². The van der Waals surface area contributed by atoms with E-state index in [-0.39, 0.29) is 18.2 Å². The maximum Gasteiger partial charge on any atom is 0.410 e. The average molecular weight is 376 g/mol. The van der Waals surface area contributed by atoms with Crippen LogP contribution in [0.2, 0.25) is 0 Å². The Bertz CT molecular complexity index is 604. The van der Waals surface area contributed by atoms with Crippen molar-refractivity contribution in [1.29, 1.82) is 0 Å². The summed E-state index contributed by atoms with van der Waals surface area (Å²) in [5, 5.41) is 10.3. The molecule has 1 aliphatic heterocycles. The summed E-state index contributed by atoms with van der Waals surface area (Å²) in [4.78, 5) is 14.0. The summed E-state index contributed by atoms with van der Waals surface area (Å²) in [6.07, 6.45) is 4.17. The van der Waals surface area contributed by atoms with Gasteiger partial charge in [0.2, 0.25) is 0 Å². The van der Waals surface area contributed by atoms with Crippen molar-refractivity contribution in [2.75, 3.05) is 13.2 Å². The largest absolute Gasteiger partial charge is 0.444 e. The first kappa shape index (κ1) is 20.2. The molecule has 0 unspecified atom stereocenters. The number of rotatable bonds is 4. The van der Waals surface area contributed by atoms with Gasteiger partial charge in [0.05, 0.1) is 24.9 Å². The molecule has 1 saturated carbocycles. The summed E-state index contributed by atoms with van der Waals surface area (Å²) < 4.78 is 11.6. The van der Waals surface area contributed by atoms with Crippen molar-refractivity contribution >= 4 is 6.09 Å². The van der Waals surface area contributed by atoms with E-state index in [9.17, 15) is 9.90 Å². The zero-order valence-corrected chi connectivity index (χ0v) is 16.8. The minimum atomic E-state index is -0.543. The van der Waals surface area contributed by atoms with Crippen LogP contribution in [-0.2, 0) is 9.47 Å². The van der Waals surface area contributed by atoms with Crippen LogP contribution in [0.1, 0.15) is 64.4 Å². The molecule has 0 aromatic heterocycles. The summed E-state index contributed by atoms with van der Waals surface area (Å²) in [5.74, 6) is 0.612. The summed E-state index contributed by atoms with van der Waals surface area (Å²) in [6.45, 7) is 6.46. The Kier molecular flexibility index (Phi) is 6.43. The molecule has 1 amide bonds. The molecule has 0 spiro atoms. The van der Waals surface area contributed by atoms with E-state index >= 15 is 0 Å². The Morgan fingerprint density at radius 3 is 2.41 bits per heavy atom. The van der Waals surface area contributed by atoms with Crippen LogP contribution < -0.4 is 0 Å². The third kappa shape index (κ3) is 5.45. The highest BCUT2D eigenvalue weighted by atomic mass is 16.6. The molecule has 1 aliphatic carbocycles. The van der Waals surface area contributed by atoms with E-state index in [2.05, 4.69) is 30.3 Å². The van der Waals surface area contributed by atoms with Gasteiger partial charge in [-0.15, -0.1) is 0 Å². The highest BCUT2D eigenvalue weighted by Crippen LogP contribution is 2.34. The van der Waals surface area contributed by atoms with Gasteiger partial charge >= 0.3 is 6.09 Å². The van der Waals surface area contributed by atoms with Gasteiger partial charge < -0.3 is 19.5 Å². The molecule has 150 valence electrons. The number of likely N-dealkylation sites (tertiary alicyclic amines) is 1. The SMILES string of the molecule is CC(C)(C)OC(=O)N1CC[C@H](O)[C@H]1CO[C@H]1CC[C@@H](c2ccccc2)CC1. The number of aliphatic hydroxyl groups is 1. The second kappa shape index (κ2) is 8.61. The van der Waals surface area contributed by atoms with Gasteiger partial charge in [-0.05, 0) is 64.4 Å². The molecule has 27 heavy (non-hydrogen) atoms. The van der Waals surface area contributed by atoms with E-state index in [0.29, 0.717) is 25.5 Å². The van der Waals surface area contributed by atoms with Crippen LogP contribution in [0.5, 0.6) is 0 Å². The van der Waals surface area contributed by atoms with Crippen molar-refractivity contribution in [1.82, 2.24) is 4.90 Å². The summed E-state index contributed by atoms with van der Waals surface area (Å²) in [5.41, 5.74) is 0.879. The summed E-state index contributed by atoms with van der Waals surface area (Å²) in [7, 11) is 0. The zero-order valence-electron chi connectivity index (χ0n) is 16.8. The topological polar surface area (TPSA) is 59.0 Å². The number of nitrogens with zero attached hydrogens (tertiary/aromatic N) is 1. The van der Waals surface area contributed by atoms with Crippen LogP contribution in [0.15, 0.2) is 30.3 Å². The number of carbonyl (C=O) groups excluding carboxylic acids is 1. The lowest BCUT2D eigenvalue weighted by Gasteiger charge is -2.32. The van der Waals surface area contributed by atoms with Gasteiger partial charge in [0.15, 0.2) is 0 Å². The number of hydrogen-bond acceptors (Lipinski definition) is 4. The molecule has 1 saturated heterocycles. The third-order valence-corrected chi connectivity index (χ3v) is 5.59. The first-order chi connectivity index (χ1) is 12.8. The fraction of sp³-hybridized carbons (Fsp3) is 0.682. The van der Waals surface area contributed by atoms with Crippen molar-refractivity contribution in [3.05, 3.63) is 35.9 Å². The number of ether oxygens (including phenoxy) is 2. The molecule has 2 aliphatic rings. The zero-order chi connectivity index (χ0) is 19.4. The van der Waals surface area contributed by atoms with Gasteiger partial charge in [-0.2, -0.15) is 0 Å². The van der Waals surface area contributed by atoms with Crippen molar-refractivity contribution in [2.45, 2.75) is 82.6 Å². The molecule has 3 rings (SSSR count). The standard InChI is InChI=1S/C22H33NO4/c1-22(2,3)27-21(25)23-14-13-20(24)19(23)15-26-18-11-9-17(10-12-18)16-7-5-4-6-8-16/h4-8,17-20,24H,9-15H2,1-3H3/t17-,18+,19-,20+/m1/s1. The molecule has 0 radical (unpaired) electrons. The normalized spacial score (nSPS) is 29.0. The van der Waals surface area contributed by atoms with Crippen LogP contribution in [-0.4, -0.2) is 53.1 Å². The third-order valence-electron chi connectivity index (χ3n) is 5.59. The maximum absolute atomic E-state index is 12.4. The number of carbonyl (C=O) groups is 1. The molecule has 2 fully saturated rings. The van der Waals surface area contributed by atoms with Crippen LogP contribution in [0.3, 0.4) is 0 Å². The van der Waals surface area contributed by atoms with Crippen molar-refractivity contribution in [2.24, 2.45) is 0 Å². The second-order valence-corrected chi connectivity index (χ2v) is 8.81. The fourth-order valence-corrected chi connectivity index (χ4v) is 4.11. The number of benzene rings is 1. The summed E-state index contributed by atoms with van der Waals surface area (Å²) in [6, 6.07) is 10.4. The Labute approximate surface area is 162 Å². The minimum absolute atomic E-state index is 0.207. The quantitative estimate of drug-likeness (QED) is 0.861. The van der Waals surface area contributed by atoms with Gasteiger partial charge in [0, 0.05) is 6.54 Å². The van der Waals surface area contributed by atoms with E-state index < -0.39 is 11.7 Å². The smallest absolute Gasteiger partial charge is 0.410 e. The van der Waals surface area contributed by atoms with Gasteiger partial charge in [0.25, 0.3) is 0 Å². The molecule has 1 aromatic carbocycles. The van der Waals surface area contributed by atoms with Crippen LogP contribution in [0.25, 0.3) is 0 Å². The molecule has 0 bridgehead atoms. The predicted molar refractivity (Wildman–Crippen MR) is 105 cm³/mol. The van der Waals surface area contributed by atoms with Crippen molar-refractivity contribution in [3.8, 4) is 0 Å². The summed E-state index contributed by atoms with van der Waals surface area (Å²) >= 11 is 0. The molecule has 5 heteroatoms. The Balaban J connectivity index is 1.48. The van der Waals surface area contributed by atoms with Crippen molar-refractivity contribution < 1.29 is 19.4 Å². The maximum atomic E-state index is 12.4. The highest BCUT2D eigenvalue weighted by molar-refractivity contribution is 5.69. The highest BCUT2D eigenvalue weighted by Gasteiger charge is 2.39. The molecule has 1 heterocycles. The average Bonchev–Trinajstić information content (AvgIpc) is 3.00. The molecule has 1 N–H and O–H groups in total. The van der Waals surface area contributed by atoms with Gasteiger partial charge in [-0.1, -0.05) is 30.3 Å². The number of amides is 1. The lowest BCUT2D eigenvalue weighted by atomic mass is 9.83. The van der Waals surface area contributed by atoms with Crippen LogP contribution in [0.4, 0.5) is 4.79 Å². The first-order valence-corrected chi connectivity index (χ1v) is 10.2. The Morgan fingerprint density at radius 2 is 1.78 bits per heavy atom.